The molecule has 3 heterocycles. The third kappa shape index (κ3) is 3.66. The van der Waals surface area contributed by atoms with Crippen molar-refractivity contribution in [1.29, 1.82) is 0 Å². The smallest absolute Gasteiger partial charge is 0.350 e. The molecule has 1 aliphatic heterocycles. The highest BCUT2D eigenvalue weighted by Gasteiger charge is 2.19. The van der Waals surface area contributed by atoms with Gasteiger partial charge in [-0.3, -0.25) is 5.32 Å². The lowest BCUT2D eigenvalue weighted by Crippen LogP contribution is -2.16. The summed E-state index contributed by atoms with van der Waals surface area (Å²) in [6, 6.07) is 0. The molecule has 7 nitrogen and oxygen atoms in total. The highest BCUT2D eigenvalue weighted by Crippen LogP contribution is 2.27. The molecule has 0 fully saturated rings. The molecule has 2 aromatic heterocycles. The van der Waals surface area contributed by atoms with Crippen molar-refractivity contribution < 1.29 is 9.53 Å². The Morgan fingerprint density at radius 3 is 2.92 bits per heavy atom. The molecule has 0 spiro atoms. The molecule has 0 radical (unpaired) electrons. The SMILES string of the molecule is CCOC(=O)c1sc(Nc2nc(Cl)c3c(n2)CCNCC3)nc1C. The summed E-state index contributed by atoms with van der Waals surface area (Å²) >= 11 is 7.52. The van der Waals surface area contributed by atoms with Crippen molar-refractivity contribution in [3.63, 3.8) is 0 Å². The van der Waals surface area contributed by atoms with Crippen LogP contribution in [0.3, 0.4) is 0 Å². The zero-order chi connectivity index (χ0) is 17.1. The van der Waals surface area contributed by atoms with E-state index in [1.807, 2.05) is 0 Å². The van der Waals surface area contributed by atoms with Crippen molar-refractivity contribution in [3.8, 4) is 0 Å². The van der Waals surface area contributed by atoms with Gasteiger partial charge in [0.2, 0.25) is 5.95 Å². The van der Waals surface area contributed by atoms with Gasteiger partial charge in [-0.05, 0) is 26.8 Å². The molecule has 9 heteroatoms. The second kappa shape index (κ2) is 7.42. The van der Waals surface area contributed by atoms with Crippen LogP contribution >= 0.6 is 22.9 Å². The normalized spacial score (nSPS) is 14.0. The van der Waals surface area contributed by atoms with Gasteiger partial charge in [-0.1, -0.05) is 22.9 Å². The van der Waals surface area contributed by atoms with Crippen LogP contribution in [0.1, 0.15) is 33.5 Å². The van der Waals surface area contributed by atoms with Gasteiger partial charge in [0.15, 0.2) is 5.13 Å². The zero-order valence-electron chi connectivity index (χ0n) is 13.5. The molecule has 1 aliphatic rings. The van der Waals surface area contributed by atoms with Crippen molar-refractivity contribution >= 4 is 40.0 Å². The third-order valence-corrected chi connectivity index (χ3v) is 4.97. The predicted molar refractivity (Wildman–Crippen MR) is 93.4 cm³/mol. The van der Waals surface area contributed by atoms with E-state index in [1.54, 1.807) is 13.8 Å². The van der Waals surface area contributed by atoms with Gasteiger partial charge in [-0.15, -0.1) is 0 Å². The number of esters is 1. The number of fused-ring (bicyclic) bond motifs is 1. The Morgan fingerprint density at radius 2 is 2.12 bits per heavy atom. The standard InChI is InChI=1S/C15H18ClN5O2S/c1-3-23-13(22)11-8(2)18-15(24-11)21-14-19-10-5-7-17-6-4-9(10)12(16)20-14/h17H,3-7H2,1-2H3,(H,18,19,20,21). The maximum absolute atomic E-state index is 11.9. The Balaban J connectivity index is 1.84. The fourth-order valence-electron chi connectivity index (χ4n) is 2.49. The molecule has 128 valence electrons. The number of nitrogens with zero attached hydrogens (tertiary/aromatic N) is 3. The van der Waals surface area contributed by atoms with E-state index in [4.69, 9.17) is 16.3 Å². The summed E-state index contributed by atoms with van der Waals surface area (Å²) in [7, 11) is 0. The summed E-state index contributed by atoms with van der Waals surface area (Å²) in [5.74, 6) is 0.0253. The molecule has 0 saturated carbocycles. The summed E-state index contributed by atoms with van der Waals surface area (Å²) < 4.78 is 5.02. The third-order valence-electron chi connectivity index (χ3n) is 3.61. The van der Waals surface area contributed by atoms with Gasteiger partial charge < -0.3 is 10.1 Å². The van der Waals surface area contributed by atoms with Crippen LogP contribution in [0.5, 0.6) is 0 Å². The van der Waals surface area contributed by atoms with Crippen LogP contribution in [0.2, 0.25) is 5.15 Å². The number of anilines is 2. The van der Waals surface area contributed by atoms with Crippen LogP contribution in [0.15, 0.2) is 0 Å². The number of rotatable bonds is 4. The number of aryl methyl sites for hydroxylation is 1. The zero-order valence-corrected chi connectivity index (χ0v) is 15.1. The molecule has 0 aliphatic carbocycles. The lowest BCUT2D eigenvalue weighted by molar-refractivity contribution is 0.0531. The molecule has 0 atom stereocenters. The molecule has 0 amide bonds. The highest BCUT2D eigenvalue weighted by molar-refractivity contribution is 7.17. The first kappa shape index (κ1) is 17.1. The van der Waals surface area contributed by atoms with E-state index in [0.717, 1.165) is 37.2 Å². The van der Waals surface area contributed by atoms with Crippen molar-refractivity contribution in [1.82, 2.24) is 20.3 Å². The van der Waals surface area contributed by atoms with Gasteiger partial charge in [-0.2, -0.15) is 0 Å². The van der Waals surface area contributed by atoms with Gasteiger partial charge >= 0.3 is 5.97 Å². The Hall–Kier alpha value is -1.77. The van der Waals surface area contributed by atoms with Crippen molar-refractivity contribution in [2.75, 3.05) is 25.0 Å². The summed E-state index contributed by atoms with van der Waals surface area (Å²) in [6.45, 7) is 5.61. The summed E-state index contributed by atoms with van der Waals surface area (Å²) in [5.41, 5.74) is 2.56. The van der Waals surface area contributed by atoms with E-state index < -0.39 is 0 Å². The Kier molecular flexibility index (Phi) is 5.27. The number of thiazole rings is 1. The number of hydrogen-bond acceptors (Lipinski definition) is 8. The monoisotopic (exact) mass is 367 g/mol. The number of carbonyl (C=O) groups is 1. The first-order valence-electron chi connectivity index (χ1n) is 7.76. The lowest BCUT2D eigenvalue weighted by atomic mass is 10.1. The second-order valence-corrected chi connectivity index (χ2v) is 6.65. The molecule has 0 bridgehead atoms. The van der Waals surface area contributed by atoms with Crippen molar-refractivity contribution in [2.24, 2.45) is 0 Å². The van der Waals surface area contributed by atoms with Gasteiger partial charge in [0.1, 0.15) is 10.0 Å². The van der Waals surface area contributed by atoms with E-state index in [9.17, 15) is 4.79 Å². The van der Waals surface area contributed by atoms with E-state index >= 15 is 0 Å². The quantitative estimate of drug-likeness (QED) is 0.633. The minimum Gasteiger partial charge on any atom is -0.462 e. The number of hydrogen-bond donors (Lipinski definition) is 2. The number of aromatic nitrogens is 3. The summed E-state index contributed by atoms with van der Waals surface area (Å²) in [5, 5.41) is 7.37. The first-order chi connectivity index (χ1) is 11.6. The Morgan fingerprint density at radius 1 is 1.33 bits per heavy atom. The molecule has 0 saturated heterocycles. The second-order valence-electron chi connectivity index (χ2n) is 5.29. The molecule has 0 unspecified atom stereocenters. The molecular formula is C15H18ClN5O2S. The first-order valence-corrected chi connectivity index (χ1v) is 8.95. The topological polar surface area (TPSA) is 89.0 Å². The molecule has 24 heavy (non-hydrogen) atoms. The number of nitrogens with one attached hydrogen (secondary N) is 2. The fraction of sp³-hybridized carbons (Fsp3) is 0.467. The maximum Gasteiger partial charge on any atom is 0.350 e. The molecular weight excluding hydrogens is 350 g/mol. The highest BCUT2D eigenvalue weighted by atomic mass is 35.5. The van der Waals surface area contributed by atoms with Crippen LogP contribution < -0.4 is 10.6 Å². The van der Waals surface area contributed by atoms with E-state index in [0.29, 0.717) is 33.4 Å². The van der Waals surface area contributed by atoms with E-state index in [-0.39, 0.29) is 5.97 Å². The van der Waals surface area contributed by atoms with Crippen LogP contribution in [0.25, 0.3) is 0 Å². The average Bonchev–Trinajstić information content (AvgIpc) is 2.75. The molecule has 2 N–H and O–H groups in total. The summed E-state index contributed by atoms with van der Waals surface area (Å²) in [4.78, 5) is 25.6. The lowest BCUT2D eigenvalue weighted by Gasteiger charge is -2.09. The van der Waals surface area contributed by atoms with Gasteiger partial charge in [-0.25, -0.2) is 19.7 Å². The number of ether oxygens (including phenoxy) is 1. The largest absolute Gasteiger partial charge is 0.462 e. The van der Waals surface area contributed by atoms with Crippen LogP contribution in [0, 0.1) is 6.92 Å². The molecule has 2 aromatic rings. The Labute approximate surface area is 148 Å². The van der Waals surface area contributed by atoms with E-state index in [2.05, 4.69) is 25.6 Å². The number of carbonyl (C=O) groups excluding carboxylic acids is 1. The number of halogens is 1. The fourth-order valence-corrected chi connectivity index (χ4v) is 3.62. The Bertz CT molecular complexity index is 765. The minimum atomic E-state index is -0.368. The van der Waals surface area contributed by atoms with Crippen LogP contribution in [0.4, 0.5) is 11.1 Å². The van der Waals surface area contributed by atoms with Gasteiger partial charge in [0.25, 0.3) is 0 Å². The van der Waals surface area contributed by atoms with Crippen LogP contribution in [-0.2, 0) is 17.6 Å². The van der Waals surface area contributed by atoms with Crippen LogP contribution in [-0.4, -0.2) is 40.6 Å². The predicted octanol–water partition coefficient (Wildman–Crippen LogP) is 2.50. The maximum atomic E-state index is 11.9. The van der Waals surface area contributed by atoms with E-state index in [1.165, 1.54) is 11.3 Å². The van der Waals surface area contributed by atoms with Crippen molar-refractivity contribution in [3.05, 3.63) is 27.0 Å². The van der Waals surface area contributed by atoms with Gasteiger partial charge in [0, 0.05) is 18.5 Å². The molecule has 3 rings (SSSR count). The van der Waals surface area contributed by atoms with Gasteiger partial charge in [0.05, 0.1) is 18.0 Å². The van der Waals surface area contributed by atoms with Crippen molar-refractivity contribution in [2.45, 2.75) is 26.7 Å². The molecule has 0 aromatic carbocycles. The minimum absolute atomic E-state index is 0.330. The summed E-state index contributed by atoms with van der Waals surface area (Å²) in [6.07, 6.45) is 1.62. The average molecular weight is 368 g/mol.